The van der Waals surface area contributed by atoms with Crippen LogP contribution in [0.5, 0.6) is 0 Å². The first-order valence-corrected chi connectivity index (χ1v) is 4.72. The molecule has 0 spiro atoms. The summed E-state index contributed by atoms with van der Waals surface area (Å²) in [6.45, 7) is 3.96. The highest BCUT2D eigenvalue weighted by molar-refractivity contribution is 5.96. The number of rotatable bonds is 2. The summed E-state index contributed by atoms with van der Waals surface area (Å²) >= 11 is 0. The highest BCUT2D eigenvalue weighted by atomic mass is 16.5. The van der Waals surface area contributed by atoms with Crippen LogP contribution < -0.4 is 0 Å². The Kier molecular flexibility index (Phi) is 2.52. The van der Waals surface area contributed by atoms with E-state index in [2.05, 4.69) is 4.99 Å². The fraction of sp³-hybridized carbons (Fsp3) is 0.455. The van der Waals surface area contributed by atoms with Gasteiger partial charge in [-0.1, -0.05) is 0 Å². The molecular formula is C11H14NO2. The van der Waals surface area contributed by atoms with Crippen molar-refractivity contribution >= 4 is 5.90 Å². The lowest BCUT2D eigenvalue weighted by atomic mass is 10.0. The van der Waals surface area contributed by atoms with Crippen molar-refractivity contribution in [3.05, 3.63) is 31.6 Å². The van der Waals surface area contributed by atoms with E-state index in [1.165, 1.54) is 0 Å². The van der Waals surface area contributed by atoms with E-state index < -0.39 is 5.60 Å². The lowest BCUT2D eigenvalue weighted by molar-refractivity contribution is 0.0436. The van der Waals surface area contributed by atoms with Gasteiger partial charge in [-0.25, -0.2) is 4.99 Å². The van der Waals surface area contributed by atoms with E-state index in [-0.39, 0.29) is 6.04 Å². The predicted molar refractivity (Wildman–Crippen MR) is 53.9 cm³/mol. The smallest absolute Gasteiger partial charge is 0.191 e. The second-order valence-electron chi connectivity index (χ2n) is 4.09. The molecule has 3 nitrogen and oxygen atoms in total. The van der Waals surface area contributed by atoms with Crippen molar-refractivity contribution < 1.29 is 9.84 Å². The topological polar surface area (TPSA) is 41.8 Å². The largest absolute Gasteiger partial charge is 0.478 e. The Morgan fingerprint density at radius 2 is 2.07 bits per heavy atom. The van der Waals surface area contributed by atoms with E-state index in [9.17, 15) is 5.11 Å². The highest BCUT2D eigenvalue weighted by Gasteiger charge is 2.35. The van der Waals surface area contributed by atoms with Crippen molar-refractivity contribution in [1.82, 2.24) is 0 Å². The number of ether oxygens (including phenoxy) is 1. The van der Waals surface area contributed by atoms with Crippen LogP contribution in [0.4, 0.5) is 0 Å². The van der Waals surface area contributed by atoms with Crippen molar-refractivity contribution in [3.8, 4) is 0 Å². The van der Waals surface area contributed by atoms with Crippen LogP contribution in [0.1, 0.15) is 13.8 Å². The molecule has 0 aromatic carbocycles. The quantitative estimate of drug-likeness (QED) is 0.708. The lowest BCUT2D eigenvalue weighted by Crippen LogP contribution is -2.35. The third-order valence-corrected chi connectivity index (χ3v) is 2.38. The molecule has 0 unspecified atom stereocenters. The summed E-state index contributed by atoms with van der Waals surface area (Å²) in [5, 5.41) is 9.75. The molecule has 0 bridgehead atoms. The van der Waals surface area contributed by atoms with E-state index in [1.54, 1.807) is 13.8 Å². The van der Waals surface area contributed by atoms with Crippen LogP contribution in [0.3, 0.4) is 0 Å². The van der Waals surface area contributed by atoms with Crippen molar-refractivity contribution in [2.45, 2.75) is 25.5 Å². The third-order valence-electron chi connectivity index (χ3n) is 2.38. The molecule has 1 heterocycles. The number of aliphatic hydroxyl groups is 1. The fourth-order valence-corrected chi connectivity index (χ4v) is 1.41. The highest BCUT2D eigenvalue weighted by Crippen LogP contribution is 2.29. The van der Waals surface area contributed by atoms with Crippen LogP contribution in [-0.4, -0.2) is 29.3 Å². The predicted octanol–water partition coefficient (Wildman–Crippen LogP) is 0.960. The summed E-state index contributed by atoms with van der Waals surface area (Å²) in [6, 6.07) is -0.160. The maximum atomic E-state index is 9.75. The first kappa shape index (κ1) is 9.97. The number of hydrogen-bond donors (Lipinski definition) is 1. The Morgan fingerprint density at radius 1 is 1.43 bits per heavy atom. The zero-order chi connectivity index (χ0) is 10.2. The second kappa shape index (κ2) is 3.54. The van der Waals surface area contributed by atoms with Gasteiger partial charge in [-0.05, 0) is 39.5 Å². The second-order valence-corrected chi connectivity index (χ2v) is 4.09. The molecule has 5 radical (unpaired) electrons. The normalized spacial score (nSPS) is 29.1. The molecular weight excluding hydrogens is 178 g/mol. The zero-order valence-electron chi connectivity index (χ0n) is 8.40. The van der Waals surface area contributed by atoms with Crippen LogP contribution in [0.25, 0.3) is 0 Å². The summed E-state index contributed by atoms with van der Waals surface area (Å²) < 4.78 is 5.43. The molecule has 1 fully saturated rings. The van der Waals surface area contributed by atoms with E-state index in [4.69, 9.17) is 4.74 Å². The van der Waals surface area contributed by atoms with E-state index in [0.717, 1.165) is 5.92 Å². The average Bonchev–Trinajstić information content (AvgIpc) is 2.73. The standard InChI is InChI=1S/C11H14NO2/c1-11(2,13)9-7-14-10(12-9)8-5-3-4-6-8/h3-6,9,13H,7H2,1-2H3/t9-/m0/s1. The van der Waals surface area contributed by atoms with Gasteiger partial charge in [0.2, 0.25) is 0 Å². The average molecular weight is 192 g/mol. The molecule has 1 N–H and O–H groups in total. The van der Waals surface area contributed by atoms with E-state index in [0.29, 0.717) is 12.5 Å². The molecule has 0 saturated heterocycles. The molecule has 1 saturated carbocycles. The van der Waals surface area contributed by atoms with Gasteiger partial charge in [0, 0.05) is 0 Å². The molecule has 0 amide bonds. The molecule has 3 heteroatoms. The SMILES string of the molecule is CC(C)(O)[C@@H]1COC([C]2[CH][CH][CH][CH]2)=N1. The molecule has 75 valence electrons. The fourth-order valence-electron chi connectivity index (χ4n) is 1.41. The van der Waals surface area contributed by atoms with Crippen LogP contribution >= 0.6 is 0 Å². The van der Waals surface area contributed by atoms with Gasteiger partial charge in [0.25, 0.3) is 0 Å². The van der Waals surface area contributed by atoms with Crippen molar-refractivity contribution in [1.29, 1.82) is 0 Å². The summed E-state index contributed by atoms with van der Waals surface area (Å²) in [7, 11) is 0. The number of nitrogens with zero attached hydrogens (tertiary/aromatic N) is 1. The van der Waals surface area contributed by atoms with Gasteiger partial charge >= 0.3 is 0 Å². The Morgan fingerprint density at radius 3 is 2.57 bits per heavy atom. The van der Waals surface area contributed by atoms with Crippen LogP contribution in [0.15, 0.2) is 4.99 Å². The molecule has 1 aliphatic carbocycles. The molecule has 1 aliphatic heterocycles. The van der Waals surface area contributed by atoms with Gasteiger partial charge in [0.1, 0.15) is 12.6 Å². The van der Waals surface area contributed by atoms with Crippen LogP contribution in [-0.2, 0) is 4.74 Å². The summed E-state index contributed by atoms with van der Waals surface area (Å²) in [6.07, 6.45) is 7.79. The number of hydrogen-bond acceptors (Lipinski definition) is 3. The minimum atomic E-state index is -0.811. The van der Waals surface area contributed by atoms with Gasteiger partial charge in [0.05, 0.1) is 11.5 Å². The van der Waals surface area contributed by atoms with Gasteiger partial charge < -0.3 is 9.84 Å². The summed E-state index contributed by atoms with van der Waals surface area (Å²) in [5.74, 6) is 1.62. The Hall–Kier alpha value is -0.570. The van der Waals surface area contributed by atoms with Crippen molar-refractivity contribution in [2.24, 2.45) is 4.99 Å². The maximum Gasteiger partial charge on any atom is 0.191 e. The van der Waals surface area contributed by atoms with Crippen molar-refractivity contribution in [3.63, 3.8) is 0 Å². The summed E-state index contributed by atoms with van der Waals surface area (Å²) in [5.41, 5.74) is -0.811. The lowest BCUT2D eigenvalue weighted by Gasteiger charge is -2.20. The minimum Gasteiger partial charge on any atom is -0.478 e. The molecule has 2 rings (SSSR count). The summed E-state index contributed by atoms with van der Waals surface area (Å²) in [4.78, 5) is 4.35. The monoisotopic (exact) mass is 192 g/mol. The molecule has 14 heavy (non-hydrogen) atoms. The Bertz CT molecular complexity index is 236. The zero-order valence-corrected chi connectivity index (χ0v) is 8.40. The van der Waals surface area contributed by atoms with E-state index >= 15 is 0 Å². The molecule has 0 aromatic rings. The molecule has 2 aliphatic rings. The van der Waals surface area contributed by atoms with E-state index in [1.807, 2.05) is 25.7 Å². The maximum absolute atomic E-state index is 9.75. The van der Waals surface area contributed by atoms with Crippen LogP contribution in [0.2, 0.25) is 0 Å². The molecule has 1 atom stereocenters. The minimum absolute atomic E-state index is 0.160. The van der Waals surface area contributed by atoms with Crippen molar-refractivity contribution in [2.75, 3.05) is 6.61 Å². The van der Waals surface area contributed by atoms with Gasteiger partial charge in [-0.2, -0.15) is 0 Å². The number of aliphatic imine (C=N–C) groups is 1. The van der Waals surface area contributed by atoms with Gasteiger partial charge in [-0.15, -0.1) is 0 Å². The van der Waals surface area contributed by atoms with Gasteiger partial charge in [-0.3, -0.25) is 0 Å². The first-order valence-electron chi connectivity index (χ1n) is 4.72. The third kappa shape index (κ3) is 1.92. The first-order chi connectivity index (χ1) is 6.57. The Labute approximate surface area is 85.2 Å². The van der Waals surface area contributed by atoms with Gasteiger partial charge in [0.15, 0.2) is 5.90 Å². The van der Waals surface area contributed by atoms with Crippen LogP contribution in [0, 0.1) is 31.6 Å². The Balaban J connectivity index is 2.01. The molecule has 0 aromatic heterocycles.